The Hall–Kier alpha value is -2.53. The van der Waals surface area contributed by atoms with Crippen LogP contribution < -0.4 is 16.4 Å². The van der Waals surface area contributed by atoms with Crippen LogP contribution in [0.1, 0.15) is 12.0 Å². The summed E-state index contributed by atoms with van der Waals surface area (Å²) in [6.45, 7) is 5.81. The number of amides is 2. The molecule has 2 unspecified atom stereocenters. The number of aryl methyl sites for hydroxylation is 1. The highest BCUT2D eigenvalue weighted by atomic mass is 16.2. The highest BCUT2D eigenvalue weighted by Gasteiger charge is 2.36. The monoisotopic (exact) mass is 350 g/mol. The maximum absolute atomic E-state index is 12.7. The summed E-state index contributed by atoms with van der Waals surface area (Å²) < 4.78 is 0. The van der Waals surface area contributed by atoms with Gasteiger partial charge in [-0.15, -0.1) is 0 Å². The third-order valence-corrected chi connectivity index (χ3v) is 5.64. The van der Waals surface area contributed by atoms with Gasteiger partial charge in [0, 0.05) is 13.1 Å². The predicted molar refractivity (Wildman–Crippen MR) is 106 cm³/mol. The minimum atomic E-state index is -0.0489. The topological polar surface area (TPSA) is 70.4 Å². The maximum Gasteiger partial charge on any atom is 0.321 e. The summed E-state index contributed by atoms with van der Waals surface area (Å²) in [5, 5.41) is 6.45. The summed E-state index contributed by atoms with van der Waals surface area (Å²) in [6.07, 6.45) is 1.15. The van der Waals surface area contributed by atoms with Gasteiger partial charge in [-0.2, -0.15) is 0 Å². The predicted octanol–water partition coefficient (Wildman–Crippen LogP) is 3.32. The molecule has 2 aliphatic heterocycles. The van der Waals surface area contributed by atoms with E-state index in [9.17, 15) is 4.79 Å². The second-order valence-electron chi connectivity index (χ2n) is 7.52. The van der Waals surface area contributed by atoms with Crippen LogP contribution in [0.5, 0.6) is 0 Å². The molecule has 0 saturated carbocycles. The molecule has 4 rings (SSSR count). The smallest absolute Gasteiger partial charge is 0.321 e. The van der Waals surface area contributed by atoms with Gasteiger partial charge >= 0.3 is 6.03 Å². The molecule has 0 bridgehead atoms. The standard InChI is InChI=1S/C21H26N4O/c1-14-2-4-15(5-3-14)16-6-7-19(22)20(10-16)24-21(26)25-12-17-8-9-23-11-18(17)13-25/h2-7,10,17-18,23H,8-9,11-13,22H2,1H3,(H,24,26). The largest absolute Gasteiger partial charge is 0.397 e. The number of urea groups is 1. The van der Waals surface area contributed by atoms with Crippen molar-refractivity contribution in [3.05, 3.63) is 48.0 Å². The van der Waals surface area contributed by atoms with Crippen molar-refractivity contribution in [2.75, 3.05) is 37.2 Å². The van der Waals surface area contributed by atoms with Gasteiger partial charge in [0.25, 0.3) is 0 Å². The molecular weight excluding hydrogens is 324 g/mol. The van der Waals surface area contributed by atoms with E-state index in [2.05, 4.69) is 41.8 Å². The lowest BCUT2D eigenvalue weighted by molar-refractivity contribution is 0.220. The number of carbonyl (C=O) groups is 1. The van der Waals surface area contributed by atoms with Gasteiger partial charge in [0.2, 0.25) is 0 Å². The molecule has 5 heteroatoms. The van der Waals surface area contributed by atoms with Crippen molar-refractivity contribution < 1.29 is 4.79 Å². The van der Waals surface area contributed by atoms with Gasteiger partial charge in [-0.3, -0.25) is 0 Å². The fraction of sp³-hybridized carbons (Fsp3) is 0.381. The van der Waals surface area contributed by atoms with Crippen molar-refractivity contribution in [3.8, 4) is 11.1 Å². The van der Waals surface area contributed by atoms with Crippen LogP contribution in [0.25, 0.3) is 11.1 Å². The highest BCUT2D eigenvalue weighted by molar-refractivity contribution is 5.94. The van der Waals surface area contributed by atoms with E-state index in [-0.39, 0.29) is 6.03 Å². The van der Waals surface area contributed by atoms with E-state index in [4.69, 9.17) is 5.73 Å². The first kappa shape index (κ1) is 16.9. The molecule has 0 aliphatic carbocycles. The third kappa shape index (κ3) is 3.40. The summed E-state index contributed by atoms with van der Waals surface area (Å²) in [4.78, 5) is 14.7. The van der Waals surface area contributed by atoms with E-state index in [0.29, 0.717) is 23.2 Å². The summed E-state index contributed by atoms with van der Waals surface area (Å²) in [5.41, 5.74) is 10.8. The first-order chi connectivity index (χ1) is 12.6. The number of nitrogens with zero attached hydrogens (tertiary/aromatic N) is 1. The number of nitrogens with two attached hydrogens (primary N) is 1. The van der Waals surface area contributed by atoms with Gasteiger partial charge in [-0.05, 0) is 61.5 Å². The second-order valence-corrected chi connectivity index (χ2v) is 7.52. The lowest BCUT2D eigenvalue weighted by atomic mass is 9.90. The van der Waals surface area contributed by atoms with E-state index in [0.717, 1.165) is 43.7 Å². The van der Waals surface area contributed by atoms with Gasteiger partial charge in [-0.25, -0.2) is 4.79 Å². The normalized spacial score (nSPS) is 22.1. The Kier molecular flexibility index (Phi) is 4.55. The minimum absolute atomic E-state index is 0.0489. The molecule has 2 heterocycles. The first-order valence-electron chi connectivity index (χ1n) is 9.33. The van der Waals surface area contributed by atoms with E-state index >= 15 is 0 Å². The Morgan fingerprint density at radius 1 is 1.12 bits per heavy atom. The Labute approximate surface area is 154 Å². The molecule has 2 aromatic rings. The van der Waals surface area contributed by atoms with Crippen LogP contribution in [0.2, 0.25) is 0 Å². The van der Waals surface area contributed by atoms with Crippen LogP contribution >= 0.6 is 0 Å². The quantitative estimate of drug-likeness (QED) is 0.728. The number of piperidine rings is 1. The number of rotatable bonds is 2. The molecular formula is C21H26N4O. The van der Waals surface area contributed by atoms with Gasteiger partial charge in [0.05, 0.1) is 11.4 Å². The molecule has 2 saturated heterocycles. The Morgan fingerprint density at radius 3 is 2.62 bits per heavy atom. The SMILES string of the molecule is Cc1ccc(-c2ccc(N)c(NC(=O)N3CC4CCNCC4C3)c2)cc1. The number of nitrogens with one attached hydrogen (secondary N) is 2. The first-order valence-corrected chi connectivity index (χ1v) is 9.33. The molecule has 2 aromatic carbocycles. The molecule has 2 aliphatic rings. The van der Waals surface area contributed by atoms with Gasteiger partial charge in [0.1, 0.15) is 0 Å². The van der Waals surface area contributed by atoms with Crippen molar-refractivity contribution in [2.24, 2.45) is 11.8 Å². The van der Waals surface area contributed by atoms with Gasteiger partial charge in [0.15, 0.2) is 0 Å². The van der Waals surface area contributed by atoms with Crippen molar-refractivity contribution in [1.82, 2.24) is 10.2 Å². The van der Waals surface area contributed by atoms with Crippen LogP contribution in [0, 0.1) is 18.8 Å². The van der Waals surface area contributed by atoms with Crippen molar-refractivity contribution >= 4 is 17.4 Å². The zero-order valence-electron chi connectivity index (χ0n) is 15.2. The number of benzene rings is 2. The second kappa shape index (κ2) is 7.00. The highest BCUT2D eigenvalue weighted by Crippen LogP contribution is 2.30. The van der Waals surface area contributed by atoms with Crippen molar-refractivity contribution in [1.29, 1.82) is 0 Å². The van der Waals surface area contributed by atoms with E-state index < -0.39 is 0 Å². The molecule has 5 nitrogen and oxygen atoms in total. The van der Waals surface area contributed by atoms with Crippen LogP contribution in [0.4, 0.5) is 16.2 Å². The number of carbonyl (C=O) groups excluding carboxylic acids is 1. The zero-order chi connectivity index (χ0) is 18.1. The number of anilines is 2. The van der Waals surface area contributed by atoms with Crippen LogP contribution in [-0.2, 0) is 0 Å². The Bertz CT molecular complexity index is 788. The summed E-state index contributed by atoms with van der Waals surface area (Å²) >= 11 is 0. The number of fused-ring (bicyclic) bond motifs is 1. The molecule has 0 aromatic heterocycles. The number of nitrogen functional groups attached to an aromatic ring is 1. The third-order valence-electron chi connectivity index (χ3n) is 5.64. The van der Waals surface area contributed by atoms with E-state index in [1.807, 2.05) is 23.1 Å². The number of likely N-dealkylation sites (tertiary alicyclic amines) is 1. The molecule has 0 spiro atoms. The average molecular weight is 350 g/mol. The fourth-order valence-corrected chi connectivity index (χ4v) is 4.02. The minimum Gasteiger partial charge on any atom is -0.397 e. The average Bonchev–Trinajstić information content (AvgIpc) is 3.09. The number of hydrogen-bond acceptors (Lipinski definition) is 3. The molecule has 26 heavy (non-hydrogen) atoms. The molecule has 0 radical (unpaired) electrons. The van der Waals surface area contributed by atoms with Crippen molar-refractivity contribution in [3.63, 3.8) is 0 Å². The Balaban J connectivity index is 1.49. The lowest BCUT2D eigenvalue weighted by Crippen LogP contribution is -2.36. The molecule has 2 amide bonds. The van der Waals surface area contributed by atoms with E-state index in [1.54, 1.807) is 0 Å². The van der Waals surface area contributed by atoms with Crippen molar-refractivity contribution in [2.45, 2.75) is 13.3 Å². The molecule has 136 valence electrons. The summed E-state index contributed by atoms with van der Waals surface area (Å²) in [7, 11) is 0. The molecule has 2 atom stereocenters. The maximum atomic E-state index is 12.7. The summed E-state index contributed by atoms with van der Waals surface area (Å²) in [6, 6.07) is 14.1. The van der Waals surface area contributed by atoms with Gasteiger partial charge in [-0.1, -0.05) is 35.9 Å². The molecule has 4 N–H and O–H groups in total. The molecule has 2 fully saturated rings. The summed E-state index contributed by atoms with van der Waals surface area (Å²) in [5.74, 6) is 1.20. The van der Waals surface area contributed by atoms with Gasteiger partial charge < -0.3 is 21.3 Å². The van der Waals surface area contributed by atoms with Crippen LogP contribution in [0.3, 0.4) is 0 Å². The number of hydrogen-bond donors (Lipinski definition) is 3. The lowest BCUT2D eigenvalue weighted by Gasteiger charge is -2.23. The zero-order valence-corrected chi connectivity index (χ0v) is 15.2. The Morgan fingerprint density at radius 2 is 1.85 bits per heavy atom. The fourth-order valence-electron chi connectivity index (χ4n) is 4.02. The van der Waals surface area contributed by atoms with E-state index in [1.165, 1.54) is 5.56 Å². The van der Waals surface area contributed by atoms with Crippen LogP contribution in [0.15, 0.2) is 42.5 Å². The van der Waals surface area contributed by atoms with Crippen LogP contribution in [-0.4, -0.2) is 37.1 Å².